The maximum atomic E-state index is 4.36. The molecule has 0 unspecified atom stereocenters. The summed E-state index contributed by atoms with van der Waals surface area (Å²) in [5.41, 5.74) is 1.79. The molecule has 1 heterocycles. The van der Waals surface area contributed by atoms with Gasteiger partial charge >= 0.3 is 0 Å². The smallest absolute Gasteiger partial charge is 0.131 e. The van der Waals surface area contributed by atoms with Gasteiger partial charge in [0.2, 0.25) is 0 Å². The lowest BCUT2D eigenvalue weighted by atomic mass is 10.1. The second-order valence-corrected chi connectivity index (χ2v) is 3.13. The molecule has 0 amide bonds. The van der Waals surface area contributed by atoms with Gasteiger partial charge in [-0.25, -0.2) is 9.97 Å². The quantitative estimate of drug-likeness (QED) is 0.704. The first-order valence-corrected chi connectivity index (χ1v) is 4.30. The van der Waals surface area contributed by atoms with Crippen LogP contribution in [0.4, 0.5) is 0 Å². The second-order valence-electron chi connectivity index (χ2n) is 3.13. The van der Waals surface area contributed by atoms with E-state index in [1.807, 2.05) is 0 Å². The summed E-state index contributed by atoms with van der Waals surface area (Å²) in [4.78, 5) is 8.59. The van der Waals surface area contributed by atoms with E-state index in [-0.39, 0.29) is 0 Å². The monoisotopic (exact) mass is 174 g/mol. The number of rotatable bonds is 3. The Morgan fingerprint density at radius 1 is 1.31 bits per heavy atom. The lowest BCUT2D eigenvalue weighted by molar-refractivity contribution is 0.771. The fourth-order valence-electron chi connectivity index (χ4n) is 1.02. The molecule has 1 aromatic rings. The van der Waals surface area contributed by atoms with Gasteiger partial charge in [0, 0.05) is 17.7 Å². The Balaban J connectivity index is 3.20. The highest BCUT2D eigenvalue weighted by Gasteiger charge is 2.04. The van der Waals surface area contributed by atoms with E-state index in [1.54, 1.807) is 18.3 Å². The summed E-state index contributed by atoms with van der Waals surface area (Å²) in [6.07, 6.45) is 5.25. The molecule has 2 nitrogen and oxygen atoms in total. The van der Waals surface area contributed by atoms with E-state index in [2.05, 4.69) is 37.0 Å². The van der Waals surface area contributed by atoms with Crippen LogP contribution in [-0.2, 0) is 0 Å². The topological polar surface area (TPSA) is 25.8 Å². The predicted molar refractivity (Wildman–Crippen MR) is 56.3 cm³/mol. The molecule has 0 atom stereocenters. The van der Waals surface area contributed by atoms with Crippen LogP contribution in [-0.4, -0.2) is 9.97 Å². The molecular formula is C11H14N2. The molecule has 0 spiro atoms. The van der Waals surface area contributed by atoms with Crippen molar-refractivity contribution in [2.45, 2.75) is 19.8 Å². The summed E-state index contributed by atoms with van der Waals surface area (Å²) in [6.45, 7) is 11.5. The van der Waals surface area contributed by atoms with Crippen LogP contribution in [0.1, 0.15) is 36.8 Å². The Hall–Kier alpha value is -1.44. The molecule has 1 rings (SSSR count). The number of hydrogen-bond donors (Lipinski definition) is 0. The maximum Gasteiger partial charge on any atom is 0.131 e. The number of nitrogens with zero attached hydrogens (tertiary/aromatic N) is 2. The molecule has 0 aliphatic heterocycles. The second kappa shape index (κ2) is 3.99. The minimum Gasteiger partial charge on any atom is -0.240 e. The van der Waals surface area contributed by atoms with Crippen molar-refractivity contribution in [2.75, 3.05) is 0 Å². The van der Waals surface area contributed by atoms with Crippen molar-refractivity contribution < 1.29 is 0 Å². The molecule has 13 heavy (non-hydrogen) atoms. The van der Waals surface area contributed by atoms with Gasteiger partial charge in [-0.2, -0.15) is 0 Å². The summed E-state index contributed by atoms with van der Waals surface area (Å²) < 4.78 is 0. The third-order valence-electron chi connectivity index (χ3n) is 1.80. The minimum atomic E-state index is 0.345. The lowest BCUT2D eigenvalue weighted by Crippen LogP contribution is -2.00. The van der Waals surface area contributed by atoms with Crippen molar-refractivity contribution in [3.8, 4) is 0 Å². The first kappa shape index (κ1) is 9.65. The Kier molecular flexibility index (Phi) is 2.96. The molecule has 0 saturated carbocycles. The molecular weight excluding hydrogens is 160 g/mol. The molecule has 1 aromatic heterocycles. The van der Waals surface area contributed by atoms with Crippen molar-refractivity contribution in [1.82, 2.24) is 9.97 Å². The zero-order valence-corrected chi connectivity index (χ0v) is 8.12. The average Bonchev–Trinajstić information content (AvgIpc) is 2.16. The normalized spacial score (nSPS) is 10.1. The fraction of sp³-hybridized carbons (Fsp3) is 0.273. The van der Waals surface area contributed by atoms with Gasteiger partial charge in [-0.1, -0.05) is 33.1 Å². The molecule has 0 fully saturated rings. The van der Waals surface area contributed by atoms with Crippen molar-refractivity contribution in [3.63, 3.8) is 0 Å². The fourth-order valence-corrected chi connectivity index (χ4v) is 1.02. The SMILES string of the molecule is C=Cc1cnc(C(C)C)nc1C=C. The van der Waals surface area contributed by atoms with Gasteiger partial charge in [0.25, 0.3) is 0 Å². The van der Waals surface area contributed by atoms with Gasteiger partial charge in [-0.15, -0.1) is 0 Å². The Morgan fingerprint density at radius 3 is 2.46 bits per heavy atom. The lowest BCUT2D eigenvalue weighted by Gasteiger charge is -2.05. The van der Waals surface area contributed by atoms with Gasteiger partial charge in [0.15, 0.2) is 0 Å². The Morgan fingerprint density at radius 2 is 2.00 bits per heavy atom. The van der Waals surface area contributed by atoms with Gasteiger partial charge < -0.3 is 0 Å². The van der Waals surface area contributed by atoms with Crippen LogP contribution in [0.25, 0.3) is 12.2 Å². The summed E-state index contributed by atoms with van der Waals surface area (Å²) in [7, 11) is 0. The molecule has 0 aliphatic carbocycles. The Bertz CT molecular complexity index is 327. The number of aromatic nitrogens is 2. The van der Waals surface area contributed by atoms with Crippen molar-refractivity contribution in [3.05, 3.63) is 36.4 Å². The number of hydrogen-bond acceptors (Lipinski definition) is 2. The van der Waals surface area contributed by atoms with Crippen LogP contribution in [0.2, 0.25) is 0 Å². The van der Waals surface area contributed by atoms with E-state index >= 15 is 0 Å². The predicted octanol–water partition coefficient (Wildman–Crippen LogP) is 2.89. The third-order valence-corrected chi connectivity index (χ3v) is 1.80. The standard InChI is InChI=1S/C11H14N2/c1-5-9-7-12-11(8(3)4)13-10(9)6-2/h5-8H,1-2H2,3-4H3. The van der Waals surface area contributed by atoms with Crippen LogP contribution in [0.3, 0.4) is 0 Å². The first-order valence-electron chi connectivity index (χ1n) is 4.30. The van der Waals surface area contributed by atoms with E-state index in [4.69, 9.17) is 0 Å². The van der Waals surface area contributed by atoms with Crippen LogP contribution < -0.4 is 0 Å². The van der Waals surface area contributed by atoms with Crippen molar-refractivity contribution >= 4 is 12.2 Å². The van der Waals surface area contributed by atoms with Crippen LogP contribution in [0.15, 0.2) is 19.4 Å². The highest BCUT2D eigenvalue weighted by molar-refractivity contribution is 5.59. The molecule has 0 aromatic carbocycles. The summed E-state index contributed by atoms with van der Waals surface area (Å²) in [6, 6.07) is 0. The first-order chi connectivity index (χ1) is 6.19. The van der Waals surface area contributed by atoms with Gasteiger partial charge in [0.1, 0.15) is 5.82 Å². The van der Waals surface area contributed by atoms with Crippen LogP contribution >= 0.6 is 0 Å². The molecule has 0 N–H and O–H groups in total. The van der Waals surface area contributed by atoms with Crippen molar-refractivity contribution in [2.24, 2.45) is 0 Å². The summed E-state index contributed by atoms with van der Waals surface area (Å²) >= 11 is 0. The van der Waals surface area contributed by atoms with Crippen LogP contribution in [0, 0.1) is 0 Å². The summed E-state index contributed by atoms with van der Waals surface area (Å²) in [5, 5.41) is 0. The molecule has 0 saturated heterocycles. The Labute approximate surface area is 79.0 Å². The zero-order valence-electron chi connectivity index (χ0n) is 8.12. The molecule has 0 aliphatic rings. The van der Waals surface area contributed by atoms with E-state index in [9.17, 15) is 0 Å². The van der Waals surface area contributed by atoms with E-state index in [0.29, 0.717) is 5.92 Å². The zero-order chi connectivity index (χ0) is 9.84. The third kappa shape index (κ3) is 2.02. The van der Waals surface area contributed by atoms with Crippen LogP contribution in [0.5, 0.6) is 0 Å². The molecule has 2 heteroatoms. The van der Waals surface area contributed by atoms with Gasteiger partial charge in [0.05, 0.1) is 5.69 Å². The average molecular weight is 174 g/mol. The van der Waals surface area contributed by atoms with E-state index in [1.165, 1.54) is 0 Å². The molecule has 68 valence electrons. The molecule has 0 radical (unpaired) electrons. The maximum absolute atomic E-state index is 4.36. The highest BCUT2D eigenvalue weighted by atomic mass is 14.9. The molecule has 0 bridgehead atoms. The summed E-state index contributed by atoms with van der Waals surface area (Å²) in [5.74, 6) is 1.19. The van der Waals surface area contributed by atoms with Gasteiger partial charge in [-0.3, -0.25) is 0 Å². The van der Waals surface area contributed by atoms with Gasteiger partial charge in [-0.05, 0) is 6.08 Å². The minimum absolute atomic E-state index is 0.345. The van der Waals surface area contributed by atoms with E-state index < -0.39 is 0 Å². The van der Waals surface area contributed by atoms with E-state index in [0.717, 1.165) is 17.1 Å². The van der Waals surface area contributed by atoms with Crippen molar-refractivity contribution in [1.29, 1.82) is 0 Å². The highest BCUT2D eigenvalue weighted by Crippen LogP contribution is 2.13. The largest absolute Gasteiger partial charge is 0.240 e.